The van der Waals surface area contributed by atoms with Gasteiger partial charge in [0.25, 0.3) is 0 Å². The van der Waals surface area contributed by atoms with Crippen LogP contribution in [0.25, 0.3) is 22.2 Å². The molecular formula is C28H31Cl2N5O5. The van der Waals surface area contributed by atoms with Gasteiger partial charge in [-0.15, -0.1) is 0 Å². The molecule has 0 radical (unpaired) electrons. The molecule has 2 atom stereocenters. The normalized spacial score (nSPS) is 19.4. The van der Waals surface area contributed by atoms with Gasteiger partial charge in [-0.3, -0.25) is 4.79 Å². The molecule has 0 spiro atoms. The number of allylic oxidation sites excluding steroid dienone is 1. The summed E-state index contributed by atoms with van der Waals surface area (Å²) in [5.74, 6) is 2.03. The van der Waals surface area contributed by atoms with E-state index < -0.39 is 0 Å². The lowest BCUT2D eigenvalue weighted by Gasteiger charge is -2.32. The van der Waals surface area contributed by atoms with E-state index in [0.717, 1.165) is 11.8 Å². The zero-order chi connectivity index (χ0) is 28.2. The molecule has 0 unspecified atom stereocenters. The molecule has 4 heterocycles. The van der Waals surface area contributed by atoms with Crippen LogP contribution in [0.15, 0.2) is 31.0 Å². The standard InChI is InChI=1S/C28H31Cl2N5O5/c1-4-18(36)11-16-5-8-40-15-20(16)33-28-31-14-17-12-19(23-24(29)21(37-2)13-22(38-3)25(23)30)32-27(26(17)34-28)35-6-9-39-10-7-35/h4,12-14,16,20H,1,5-11,15H2,2-3H3,(H,31,33,34)/t16-,20-/m1/s1. The molecule has 0 bridgehead atoms. The lowest BCUT2D eigenvalue weighted by Crippen LogP contribution is -2.40. The molecule has 12 heteroatoms. The van der Waals surface area contributed by atoms with Crippen molar-refractivity contribution in [3.05, 3.63) is 41.0 Å². The third kappa shape index (κ3) is 5.81. The zero-order valence-corrected chi connectivity index (χ0v) is 23.9. The van der Waals surface area contributed by atoms with Gasteiger partial charge in [0.1, 0.15) is 17.0 Å². The summed E-state index contributed by atoms with van der Waals surface area (Å²) in [5.41, 5.74) is 1.70. The molecule has 0 aliphatic carbocycles. The molecule has 40 heavy (non-hydrogen) atoms. The summed E-state index contributed by atoms with van der Waals surface area (Å²) >= 11 is 13.5. The van der Waals surface area contributed by atoms with Crippen molar-refractivity contribution in [2.75, 3.05) is 64.0 Å². The van der Waals surface area contributed by atoms with Crippen LogP contribution in [0.5, 0.6) is 11.5 Å². The molecule has 2 saturated heterocycles. The Kier molecular flexibility index (Phi) is 8.90. The van der Waals surface area contributed by atoms with Gasteiger partial charge in [0.05, 0.1) is 55.8 Å². The molecule has 2 aliphatic heterocycles. The number of anilines is 2. The average molecular weight is 588 g/mol. The van der Waals surface area contributed by atoms with Crippen LogP contribution in [-0.4, -0.2) is 80.5 Å². The number of carbonyl (C=O) groups is 1. The Bertz CT molecular complexity index is 1390. The molecule has 3 aromatic rings. The zero-order valence-electron chi connectivity index (χ0n) is 22.4. The minimum atomic E-state index is -0.115. The lowest BCUT2D eigenvalue weighted by atomic mass is 9.90. The first-order chi connectivity index (χ1) is 19.4. The Hall–Kier alpha value is -3.18. The summed E-state index contributed by atoms with van der Waals surface area (Å²) in [6.45, 7) is 7.09. The SMILES string of the molecule is C=CC(=O)C[C@H]1CCOC[C@H]1Nc1ncc2cc(-c3c(Cl)c(OC)cc(OC)c3Cl)nc(N3CCOCC3)c2n1. The maximum Gasteiger partial charge on any atom is 0.223 e. The van der Waals surface area contributed by atoms with E-state index in [1.54, 1.807) is 12.3 Å². The summed E-state index contributed by atoms with van der Waals surface area (Å²) in [7, 11) is 3.06. The minimum absolute atomic E-state index is 0.0101. The fraction of sp³-hybridized carbons (Fsp3) is 0.429. The number of ether oxygens (including phenoxy) is 4. The highest BCUT2D eigenvalue weighted by Crippen LogP contribution is 2.46. The first kappa shape index (κ1) is 28.4. The van der Waals surface area contributed by atoms with Gasteiger partial charge in [0.15, 0.2) is 11.6 Å². The molecule has 0 amide bonds. The van der Waals surface area contributed by atoms with E-state index in [9.17, 15) is 4.79 Å². The first-order valence-electron chi connectivity index (χ1n) is 13.0. The van der Waals surface area contributed by atoms with Gasteiger partial charge < -0.3 is 29.2 Å². The predicted molar refractivity (Wildman–Crippen MR) is 155 cm³/mol. The number of nitrogens with zero attached hydrogens (tertiary/aromatic N) is 4. The van der Waals surface area contributed by atoms with Gasteiger partial charge in [-0.2, -0.15) is 0 Å². The number of hydrogen-bond donors (Lipinski definition) is 1. The number of fused-ring (bicyclic) bond motifs is 1. The summed E-state index contributed by atoms with van der Waals surface area (Å²) in [6, 6.07) is 3.38. The fourth-order valence-corrected chi connectivity index (χ4v) is 5.71. The van der Waals surface area contributed by atoms with Crippen molar-refractivity contribution in [3.8, 4) is 22.8 Å². The quantitative estimate of drug-likeness (QED) is 0.350. The number of rotatable bonds is 9. The number of methoxy groups -OCH3 is 2. The number of carbonyl (C=O) groups excluding carboxylic acids is 1. The van der Waals surface area contributed by atoms with Crippen LogP contribution in [0, 0.1) is 5.92 Å². The number of halogens is 2. The predicted octanol–water partition coefficient (Wildman–Crippen LogP) is 4.81. The van der Waals surface area contributed by atoms with E-state index in [-0.39, 0.29) is 17.7 Å². The third-order valence-electron chi connectivity index (χ3n) is 7.19. The van der Waals surface area contributed by atoms with Gasteiger partial charge in [-0.1, -0.05) is 29.8 Å². The van der Waals surface area contributed by atoms with Crippen LogP contribution in [0.1, 0.15) is 12.8 Å². The van der Waals surface area contributed by atoms with Crippen molar-refractivity contribution in [1.29, 1.82) is 0 Å². The second kappa shape index (κ2) is 12.6. The van der Waals surface area contributed by atoms with Gasteiger partial charge in [0.2, 0.25) is 5.95 Å². The number of hydrogen-bond acceptors (Lipinski definition) is 10. The van der Waals surface area contributed by atoms with Gasteiger partial charge in [-0.05, 0) is 24.5 Å². The molecule has 1 aromatic carbocycles. The van der Waals surface area contributed by atoms with Crippen LogP contribution < -0.4 is 19.7 Å². The largest absolute Gasteiger partial charge is 0.495 e. The molecule has 5 rings (SSSR count). The van der Waals surface area contributed by atoms with E-state index in [1.807, 2.05) is 6.07 Å². The van der Waals surface area contributed by atoms with E-state index in [1.165, 1.54) is 20.3 Å². The van der Waals surface area contributed by atoms with Crippen molar-refractivity contribution in [2.45, 2.75) is 18.9 Å². The molecule has 212 valence electrons. The lowest BCUT2D eigenvalue weighted by molar-refractivity contribution is -0.116. The molecule has 10 nitrogen and oxygen atoms in total. The van der Waals surface area contributed by atoms with Crippen LogP contribution in [0.2, 0.25) is 10.0 Å². The molecule has 2 aliphatic rings. The Balaban J connectivity index is 1.59. The number of ketones is 1. The molecule has 0 saturated carbocycles. The van der Waals surface area contributed by atoms with Gasteiger partial charge in [0, 0.05) is 49.3 Å². The number of nitrogens with one attached hydrogen (secondary N) is 1. The van der Waals surface area contributed by atoms with E-state index in [2.05, 4.69) is 21.8 Å². The Labute approximate surface area is 242 Å². The molecule has 1 N–H and O–H groups in total. The van der Waals surface area contributed by atoms with E-state index in [4.69, 9.17) is 52.1 Å². The highest BCUT2D eigenvalue weighted by Gasteiger charge is 2.29. The van der Waals surface area contributed by atoms with Crippen LogP contribution in [0.3, 0.4) is 0 Å². The number of pyridine rings is 1. The second-order valence-electron chi connectivity index (χ2n) is 9.60. The van der Waals surface area contributed by atoms with Crippen LogP contribution >= 0.6 is 23.2 Å². The maximum absolute atomic E-state index is 12.1. The van der Waals surface area contributed by atoms with Crippen molar-refractivity contribution in [3.63, 3.8) is 0 Å². The molecule has 2 aromatic heterocycles. The summed E-state index contributed by atoms with van der Waals surface area (Å²) in [5, 5.41) is 4.80. The monoisotopic (exact) mass is 587 g/mol. The average Bonchev–Trinajstić information content (AvgIpc) is 2.98. The van der Waals surface area contributed by atoms with Gasteiger partial charge in [-0.25, -0.2) is 15.0 Å². The minimum Gasteiger partial charge on any atom is -0.495 e. The van der Waals surface area contributed by atoms with Gasteiger partial charge >= 0.3 is 0 Å². The van der Waals surface area contributed by atoms with Crippen molar-refractivity contribution in [1.82, 2.24) is 15.0 Å². The Morgan fingerprint density at radius 1 is 1.12 bits per heavy atom. The highest BCUT2D eigenvalue weighted by atomic mass is 35.5. The van der Waals surface area contributed by atoms with Crippen molar-refractivity contribution in [2.24, 2.45) is 5.92 Å². The van der Waals surface area contributed by atoms with Crippen molar-refractivity contribution >= 4 is 51.7 Å². The second-order valence-corrected chi connectivity index (χ2v) is 10.4. The van der Waals surface area contributed by atoms with E-state index >= 15 is 0 Å². The number of aromatic nitrogens is 3. The van der Waals surface area contributed by atoms with E-state index in [0.29, 0.717) is 96.0 Å². The fourth-order valence-electron chi connectivity index (χ4n) is 5.02. The Morgan fingerprint density at radius 2 is 1.85 bits per heavy atom. The van der Waals surface area contributed by atoms with Crippen LogP contribution in [-0.2, 0) is 14.3 Å². The maximum atomic E-state index is 12.1. The highest BCUT2D eigenvalue weighted by molar-refractivity contribution is 6.41. The summed E-state index contributed by atoms with van der Waals surface area (Å²) in [4.78, 5) is 28.7. The van der Waals surface area contributed by atoms with Crippen LogP contribution in [0.4, 0.5) is 11.8 Å². The third-order valence-corrected chi connectivity index (χ3v) is 7.94. The summed E-state index contributed by atoms with van der Waals surface area (Å²) < 4.78 is 22.2. The number of benzene rings is 1. The molecular weight excluding hydrogens is 557 g/mol. The summed E-state index contributed by atoms with van der Waals surface area (Å²) in [6.07, 6.45) is 4.27. The first-order valence-corrected chi connectivity index (χ1v) is 13.8. The molecule has 2 fully saturated rings. The Morgan fingerprint density at radius 3 is 2.52 bits per heavy atom. The topological polar surface area (TPSA) is 108 Å². The van der Waals surface area contributed by atoms with Crippen molar-refractivity contribution < 1.29 is 23.7 Å². The smallest absolute Gasteiger partial charge is 0.223 e. The number of morpholine rings is 1.